The monoisotopic (exact) mass is 432 g/mol. The van der Waals surface area contributed by atoms with Gasteiger partial charge in [0.15, 0.2) is 0 Å². The highest BCUT2D eigenvalue weighted by Crippen LogP contribution is 2.24. The molecule has 0 saturated carbocycles. The van der Waals surface area contributed by atoms with Crippen LogP contribution in [-0.4, -0.2) is 25.7 Å². The van der Waals surface area contributed by atoms with E-state index < -0.39 is 0 Å². The van der Waals surface area contributed by atoms with Gasteiger partial charge in [-0.2, -0.15) is 0 Å². The SMILES string of the molecule is CCCCOc1ccccc1NC(=O)CNc1cccc(OCCCc2ccccc2)c1. The Morgan fingerprint density at radius 1 is 0.844 bits per heavy atom. The van der Waals surface area contributed by atoms with E-state index in [1.165, 1.54) is 5.56 Å². The second-order valence-corrected chi connectivity index (χ2v) is 7.57. The highest BCUT2D eigenvalue weighted by molar-refractivity contribution is 5.95. The zero-order valence-electron chi connectivity index (χ0n) is 18.7. The average Bonchev–Trinajstić information content (AvgIpc) is 2.83. The first kappa shape index (κ1) is 23.2. The fraction of sp³-hybridized carbons (Fsp3) is 0.296. The van der Waals surface area contributed by atoms with Crippen molar-refractivity contribution >= 4 is 17.3 Å². The first-order valence-electron chi connectivity index (χ1n) is 11.3. The molecule has 0 unspecified atom stereocenters. The second kappa shape index (κ2) is 13.1. The van der Waals surface area contributed by atoms with E-state index in [2.05, 4.69) is 41.8 Å². The number of nitrogens with one attached hydrogen (secondary N) is 2. The van der Waals surface area contributed by atoms with Crippen LogP contribution in [0.3, 0.4) is 0 Å². The van der Waals surface area contributed by atoms with Gasteiger partial charge in [0, 0.05) is 11.8 Å². The van der Waals surface area contributed by atoms with Gasteiger partial charge >= 0.3 is 0 Å². The second-order valence-electron chi connectivity index (χ2n) is 7.57. The smallest absolute Gasteiger partial charge is 0.243 e. The Morgan fingerprint density at radius 3 is 2.47 bits per heavy atom. The Morgan fingerprint density at radius 2 is 1.62 bits per heavy atom. The topological polar surface area (TPSA) is 59.6 Å². The number of carbonyl (C=O) groups excluding carboxylic acids is 1. The average molecular weight is 433 g/mol. The van der Waals surface area contributed by atoms with Crippen molar-refractivity contribution in [1.82, 2.24) is 0 Å². The molecule has 0 aromatic heterocycles. The van der Waals surface area contributed by atoms with Crippen molar-refractivity contribution in [1.29, 1.82) is 0 Å². The molecule has 0 aliphatic carbocycles. The number of hydrogen-bond acceptors (Lipinski definition) is 4. The van der Waals surface area contributed by atoms with Crippen molar-refractivity contribution in [2.24, 2.45) is 0 Å². The summed E-state index contributed by atoms with van der Waals surface area (Å²) in [6.07, 6.45) is 3.98. The highest BCUT2D eigenvalue weighted by atomic mass is 16.5. The zero-order valence-corrected chi connectivity index (χ0v) is 18.7. The Bertz CT molecular complexity index is 960. The summed E-state index contributed by atoms with van der Waals surface area (Å²) in [4.78, 5) is 12.4. The third kappa shape index (κ3) is 7.99. The summed E-state index contributed by atoms with van der Waals surface area (Å²) >= 11 is 0. The van der Waals surface area contributed by atoms with Crippen molar-refractivity contribution < 1.29 is 14.3 Å². The van der Waals surface area contributed by atoms with Gasteiger partial charge in [-0.05, 0) is 49.1 Å². The molecule has 0 aliphatic heterocycles. The van der Waals surface area contributed by atoms with Gasteiger partial charge in [-0.3, -0.25) is 4.79 Å². The number of para-hydroxylation sites is 2. The maximum Gasteiger partial charge on any atom is 0.243 e. The zero-order chi connectivity index (χ0) is 22.4. The minimum absolute atomic E-state index is 0.134. The molecule has 32 heavy (non-hydrogen) atoms. The number of carbonyl (C=O) groups is 1. The van der Waals surface area contributed by atoms with Crippen molar-refractivity contribution in [3.63, 3.8) is 0 Å². The van der Waals surface area contributed by atoms with E-state index in [9.17, 15) is 4.79 Å². The lowest BCUT2D eigenvalue weighted by Gasteiger charge is -2.13. The van der Waals surface area contributed by atoms with E-state index in [0.29, 0.717) is 24.7 Å². The molecule has 5 heteroatoms. The molecule has 5 nitrogen and oxygen atoms in total. The predicted octanol–water partition coefficient (Wildman–Crippen LogP) is 5.93. The van der Waals surface area contributed by atoms with E-state index >= 15 is 0 Å². The summed E-state index contributed by atoms with van der Waals surface area (Å²) < 4.78 is 11.7. The minimum atomic E-state index is -0.134. The van der Waals surface area contributed by atoms with Gasteiger partial charge in [0.05, 0.1) is 25.4 Å². The molecule has 0 saturated heterocycles. The van der Waals surface area contributed by atoms with Gasteiger partial charge in [0.1, 0.15) is 11.5 Å². The van der Waals surface area contributed by atoms with Crippen LogP contribution in [0, 0.1) is 0 Å². The van der Waals surface area contributed by atoms with Gasteiger partial charge in [-0.1, -0.05) is 61.9 Å². The Hall–Kier alpha value is -3.47. The lowest BCUT2D eigenvalue weighted by Crippen LogP contribution is -2.22. The molecule has 168 valence electrons. The lowest BCUT2D eigenvalue weighted by molar-refractivity contribution is -0.114. The van der Waals surface area contributed by atoms with Crippen LogP contribution in [0.4, 0.5) is 11.4 Å². The van der Waals surface area contributed by atoms with Gasteiger partial charge in [0.25, 0.3) is 0 Å². The van der Waals surface area contributed by atoms with Crippen LogP contribution in [0.2, 0.25) is 0 Å². The van der Waals surface area contributed by atoms with Crippen LogP contribution in [-0.2, 0) is 11.2 Å². The van der Waals surface area contributed by atoms with Gasteiger partial charge in [-0.15, -0.1) is 0 Å². The highest BCUT2D eigenvalue weighted by Gasteiger charge is 2.08. The van der Waals surface area contributed by atoms with Crippen LogP contribution in [0.25, 0.3) is 0 Å². The van der Waals surface area contributed by atoms with Crippen LogP contribution < -0.4 is 20.1 Å². The van der Waals surface area contributed by atoms with Crippen molar-refractivity contribution in [2.75, 3.05) is 30.4 Å². The first-order chi connectivity index (χ1) is 15.7. The molecule has 3 aromatic carbocycles. The molecule has 0 fully saturated rings. The quantitative estimate of drug-likeness (QED) is 0.329. The Labute approximate surface area is 190 Å². The number of aryl methyl sites for hydroxylation is 1. The first-order valence-corrected chi connectivity index (χ1v) is 11.3. The molecular formula is C27H32N2O3. The largest absolute Gasteiger partial charge is 0.494 e. The molecule has 0 aliphatic rings. The van der Waals surface area contributed by atoms with E-state index in [-0.39, 0.29) is 12.5 Å². The van der Waals surface area contributed by atoms with Gasteiger partial charge in [-0.25, -0.2) is 0 Å². The fourth-order valence-electron chi connectivity index (χ4n) is 3.21. The van der Waals surface area contributed by atoms with Gasteiger partial charge in [0.2, 0.25) is 5.91 Å². The fourth-order valence-corrected chi connectivity index (χ4v) is 3.21. The minimum Gasteiger partial charge on any atom is -0.494 e. The molecule has 3 rings (SSSR count). The number of hydrogen-bond donors (Lipinski definition) is 2. The third-order valence-electron chi connectivity index (χ3n) is 4.93. The summed E-state index contributed by atoms with van der Waals surface area (Å²) in [5.41, 5.74) is 2.84. The van der Waals surface area contributed by atoms with Crippen molar-refractivity contribution in [2.45, 2.75) is 32.6 Å². The predicted molar refractivity (Wildman–Crippen MR) is 131 cm³/mol. The number of rotatable bonds is 13. The summed E-state index contributed by atoms with van der Waals surface area (Å²) in [6, 6.07) is 25.6. The number of ether oxygens (including phenoxy) is 2. The molecule has 2 N–H and O–H groups in total. The third-order valence-corrected chi connectivity index (χ3v) is 4.93. The van der Waals surface area contributed by atoms with E-state index in [1.54, 1.807) is 0 Å². The molecule has 0 spiro atoms. The summed E-state index contributed by atoms with van der Waals surface area (Å²) in [7, 11) is 0. The molecule has 3 aromatic rings. The van der Waals surface area contributed by atoms with Crippen LogP contribution in [0.1, 0.15) is 31.7 Å². The van der Waals surface area contributed by atoms with E-state index in [1.807, 2.05) is 54.6 Å². The van der Waals surface area contributed by atoms with Gasteiger partial charge < -0.3 is 20.1 Å². The summed E-state index contributed by atoms with van der Waals surface area (Å²) in [5, 5.41) is 6.08. The maximum absolute atomic E-state index is 12.4. The Balaban J connectivity index is 1.43. The van der Waals surface area contributed by atoms with Crippen LogP contribution in [0.5, 0.6) is 11.5 Å². The summed E-state index contributed by atoms with van der Waals surface area (Å²) in [5.74, 6) is 1.35. The number of unbranched alkanes of at least 4 members (excludes halogenated alkanes) is 1. The molecule has 0 heterocycles. The normalized spacial score (nSPS) is 10.4. The number of amides is 1. The molecule has 0 bridgehead atoms. The van der Waals surface area contributed by atoms with Crippen molar-refractivity contribution in [3.8, 4) is 11.5 Å². The van der Waals surface area contributed by atoms with Crippen LogP contribution >= 0.6 is 0 Å². The van der Waals surface area contributed by atoms with E-state index in [0.717, 1.165) is 37.1 Å². The molecule has 0 radical (unpaired) electrons. The number of benzene rings is 3. The van der Waals surface area contributed by atoms with E-state index in [4.69, 9.17) is 9.47 Å². The maximum atomic E-state index is 12.4. The molecular weight excluding hydrogens is 400 g/mol. The van der Waals surface area contributed by atoms with Crippen molar-refractivity contribution in [3.05, 3.63) is 84.4 Å². The molecule has 1 amide bonds. The lowest BCUT2D eigenvalue weighted by atomic mass is 10.1. The standard InChI is InChI=1S/C27H32N2O3/c1-2-3-18-32-26-17-8-7-16-25(26)29-27(30)21-28-23-14-9-15-24(20-23)31-19-10-13-22-11-5-4-6-12-22/h4-9,11-12,14-17,20,28H,2-3,10,13,18-19,21H2,1H3,(H,29,30). The summed E-state index contributed by atoms with van der Waals surface area (Å²) in [6.45, 7) is 3.56. The number of anilines is 2. The Kier molecular flexibility index (Phi) is 9.46. The van der Waals surface area contributed by atoms with Crippen LogP contribution in [0.15, 0.2) is 78.9 Å². The molecule has 0 atom stereocenters.